The van der Waals surface area contributed by atoms with Gasteiger partial charge in [-0.15, -0.1) is 0 Å². The lowest BCUT2D eigenvalue weighted by molar-refractivity contribution is -0.0605. The molecule has 0 aliphatic heterocycles. The molecule has 0 radical (unpaired) electrons. The van der Waals surface area contributed by atoms with E-state index in [0.717, 1.165) is 12.5 Å². The van der Waals surface area contributed by atoms with Gasteiger partial charge in [0.15, 0.2) is 0 Å². The summed E-state index contributed by atoms with van der Waals surface area (Å²) in [5.74, 6) is 0.981. The van der Waals surface area contributed by atoms with Gasteiger partial charge >= 0.3 is 0 Å². The first-order valence-corrected chi connectivity index (χ1v) is 9.49. The third-order valence-corrected chi connectivity index (χ3v) is 5.75. The molecule has 0 amide bonds. The van der Waals surface area contributed by atoms with Crippen molar-refractivity contribution in [2.45, 2.75) is 83.7 Å². The molecule has 0 spiro atoms. The van der Waals surface area contributed by atoms with Crippen LogP contribution in [0.4, 0.5) is 0 Å². The standard InChI is InChI=1S/C16H31IO/c1-3-5-6-7-13-18-16(14-17)11-9-15(8-4-2)10-12-16/h15H,3-14H2,1-2H3. The molecule has 1 nitrogen and oxygen atoms in total. The van der Waals surface area contributed by atoms with Crippen molar-refractivity contribution in [2.24, 2.45) is 5.92 Å². The summed E-state index contributed by atoms with van der Waals surface area (Å²) in [5.41, 5.74) is 0.233. The quantitative estimate of drug-likeness (QED) is 0.287. The number of hydrogen-bond acceptors (Lipinski definition) is 1. The lowest BCUT2D eigenvalue weighted by Crippen LogP contribution is -2.39. The zero-order valence-corrected chi connectivity index (χ0v) is 14.5. The Morgan fingerprint density at radius 1 is 1.06 bits per heavy atom. The summed E-state index contributed by atoms with van der Waals surface area (Å²) >= 11 is 2.53. The third kappa shape index (κ3) is 5.77. The van der Waals surface area contributed by atoms with E-state index >= 15 is 0 Å². The van der Waals surface area contributed by atoms with Gasteiger partial charge in [0, 0.05) is 11.0 Å². The molecule has 0 unspecified atom stereocenters. The van der Waals surface area contributed by atoms with Gasteiger partial charge < -0.3 is 4.74 Å². The van der Waals surface area contributed by atoms with Crippen molar-refractivity contribution in [3.05, 3.63) is 0 Å². The molecule has 1 fully saturated rings. The second-order valence-electron chi connectivity index (χ2n) is 5.96. The molecule has 0 aromatic carbocycles. The van der Waals surface area contributed by atoms with Gasteiger partial charge in [-0.3, -0.25) is 0 Å². The van der Waals surface area contributed by atoms with Gasteiger partial charge in [-0.05, 0) is 38.0 Å². The van der Waals surface area contributed by atoms with Gasteiger partial charge in [0.1, 0.15) is 0 Å². The predicted octanol–water partition coefficient (Wildman–Crippen LogP) is 5.75. The van der Waals surface area contributed by atoms with E-state index in [1.807, 2.05) is 0 Å². The van der Waals surface area contributed by atoms with Crippen LogP contribution in [0.5, 0.6) is 0 Å². The summed E-state index contributed by atoms with van der Waals surface area (Å²) in [7, 11) is 0. The van der Waals surface area contributed by atoms with Crippen LogP contribution in [0.1, 0.15) is 78.1 Å². The first kappa shape index (κ1) is 16.7. The average molecular weight is 366 g/mol. The zero-order chi connectivity index (χ0) is 13.3. The molecule has 0 N–H and O–H groups in total. The highest BCUT2D eigenvalue weighted by molar-refractivity contribution is 14.1. The Balaban J connectivity index is 2.23. The lowest BCUT2D eigenvalue weighted by Gasteiger charge is -2.39. The molecular formula is C16H31IO. The highest BCUT2D eigenvalue weighted by atomic mass is 127. The minimum Gasteiger partial charge on any atom is -0.374 e. The normalized spacial score (nSPS) is 28.5. The fourth-order valence-electron chi connectivity index (χ4n) is 3.03. The second-order valence-corrected chi connectivity index (χ2v) is 6.72. The fraction of sp³-hybridized carbons (Fsp3) is 1.00. The van der Waals surface area contributed by atoms with Gasteiger partial charge in [0.25, 0.3) is 0 Å². The first-order chi connectivity index (χ1) is 8.76. The molecule has 1 aliphatic carbocycles. The topological polar surface area (TPSA) is 9.23 Å². The number of rotatable bonds is 9. The maximum absolute atomic E-state index is 6.29. The van der Waals surface area contributed by atoms with E-state index in [0.29, 0.717) is 0 Å². The van der Waals surface area contributed by atoms with E-state index in [1.54, 1.807) is 0 Å². The minimum absolute atomic E-state index is 0.233. The molecule has 0 atom stereocenters. The van der Waals surface area contributed by atoms with Crippen LogP contribution in [0.3, 0.4) is 0 Å². The first-order valence-electron chi connectivity index (χ1n) is 7.96. The Morgan fingerprint density at radius 3 is 2.33 bits per heavy atom. The van der Waals surface area contributed by atoms with Crippen molar-refractivity contribution in [3.8, 4) is 0 Å². The van der Waals surface area contributed by atoms with Crippen molar-refractivity contribution in [1.82, 2.24) is 0 Å². The van der Waals surface area contributed by atoms with Crippen LogP contribution in [-0.4, -0.2) is 16.6 Å². The SMILES string of the molecule is CCCCCCOC1(CI)CCC(CCC)CC1. The summed E-state index contributed by atoms with van der Waals surface area (Å²) in [4.78, 5) is 0. The second kappa shape index (κ2) is 9.57. The maximum atomic E-state index is 6.29. The molecular weight excluding hydrogens is 335 g/mol. The van der Waals surface area contributed by atoms with Crippen LogP contribution in [0.2, 0.25) is 0 Å². The molecule has 1 aliphatic rings. The molecule has 0 aromatic heterocycles. The maximum Gasteiger partial charge on any atom is 0.0771 e. The van der Waals surface area contributed by atoms with Gasteiger partial charge in [-0.2, -0.15) is 0 Å². The minimum atomic E-state index is 0.233. The Morgan fingerprint density at radius 2 is 1.78 bits per heavy atom. The summed E-state index contributed by atoms with van der Waals surface area (Å²) in [6.45, 7) is 5.56. The van der Waals surface area contributed by atoms with Crippen molar-refractivity contribution in [3.63, 3.8) is 0 Å². The van der Waals surface area contributed by atoms with Crippen LogP contribution in [0.15, 0.2) is 0 Å². The van der Waals surface area contributed by atoms with Gasteiger partial charge in [-0.25, -0.2) is 0 Å². The van der Waals surface area contributed by atoms with E-state index in [-0.39, 0.29) is 5.60 Å². The molecule has 1 saturated carbocycles. The molecule has 108 valence electrons. The summed E-state index contributed by atoms with van der Waals surface area (Å²) < 4.78 is 7.46. The summed E-state index contributed by atoms with van der Waals surface area (Å²) in [6, 6.07) is 0. The van der Waals surface area contributed by atoms with Crippen LogP contribution >= 0.6 is 22.6 Å². The van der Waals surface area contributed by atoms with E-state index in [9.17, 15) is 0 Å². The van der Waals surface area contributed by atoms with Crippen LogP contribution in [0.25, 0.3) is 0 Å². The highest BCUT2D eigenvalue weighted by Gasteiger charge is 2.34. The smallest absolute Gasteiger partial charge is 0.0771 e. The Labute approximate surface area is 128 Å². The Kier molecular flexibility index (Phi) is 8.90. The molecule has 0 heterocycles. The molecule has 1 rings (SSSR count). The van der Waals surface area contributed by atoms with E-state index in [4.69, 9.17) is 4.74 Å². The summed E-state index contributed by atoms with van der Waals surface area (Å²) in [6.07, 6.45) is 13.4. The number of alkyl halides is 1. The number of hydrogen-bond donors (Lipinski definition) is 0. The van der Waals surface area contributed by atoms with Gasteiger partial charge in [0.05, 0.1) is 5.60 Å². The van der Waals surface area contributed by atoms with Crippen LogP contribution in [-0.2, 0) is 4.74 Å². The Hall–Kier alpha value is 0.690. The number of ether oxygens (including phenoxy) is 1. The Bertz CT molecular complexity index is 197. The largest absolute Gasteiger partial charge is 0.374 e. The number of unbranched alkanes of at least 4 members (excludes halogenated alkanes) is 3. The summed E-state index contributed by atoms with van der Waals surface area (Å²) in [5, 5.41) is 0. The van der Waals surface area contributed by atoms with E-state index in [2.05, 4.69) is 36.4 Å². The zero-order valence-electron chi connectivity index (χ0n) is 12.3. The van der Waals surface area contributed by atoms with Gasteiger partial charge in [0.2, 0.25) is 0 Å². The molecule has 2 heteroatoms. The van der Waals surface area contributed by atoms with Crippen LogP contribution < -0.4 is 0 Å². The molecule has 18 heavy (non-hydrogen) atoms. The predicted molar refractivity (Wildman–Crippen MR) is 88.6 cm³/mol. The van der Waals surface area contributed by atoms with Gasteiger partial charge in [-0.1, -0.05) is 68.5 Å². The van der Waals surface area contributed by atoms with Crippen molar-refractivity contribution >= 4 is 22.6 Å². The third-order valence-electron chi connectivity index (χ3n) is 4.36. The molecule has 0 aromatic rings. The van der Waals surface area contributed by atoms with Crippen molar-refractivity contribution in [2.75, 3.05) is 11.0 Å². The number of halogens is 1. The fourth-order valence-corrected chi connectivity index (χ4v) is 4.02. The van der Waals surface area contributed by atoms with Crippen LogP contribution in [0, 0.1) is 5.92 Å². The average Bonchev–Trinajstić information content (AvgIpc) is 2.41. The van der Waals surface area contributed by atoms with E-state index < -0.39 is 0 Å². The molecule has 0 bridgehead atoms. The highest BCUT2D eigenvalue weighted by Crippen LogP contribution is 2.38. The van der Waals surface area contributed by atoms with Crippen molar-refractivity contribution < 1.29 is 4.74 Å². The monoisotopic (exact) mass is 366 g/mol. The van der Waals surface area contributed by atoms with E-state index in [1.165, 1.54) is 68.6 Å². The molecule has 0 saturated heterocycles. The van der Waals surface area contributed by atoms with Crippen molar-refractivity contribution in [1.29, 1.82) is 0 Å². The lowest BCUT2D eigenvalue weighted by atomic mass is 9.78.